The fourth-order valence-electron chi connectivity index (χ4n) is 5.87. The van der Waals surface area contributed by atoms with E-state index in [1.54, 1.807) is 6.07 Å². The van der Waals surface area contributed by atoms with E-state index in [2.05, 4.69) is 29.0 Å². The lowest BCUT2D eigenvalue weighted by molar-refractivity contribution is 0.313. The molecular weight excluding hydrogens is 411 g/mol. The maximum atomic E-state index is 15.9. The van der Waals surface area contributed by atoms with E-state index in [-0.39, 0.29) is 11.9 Å². The molecule has 178 valence electrons. The van der Waals surface area contributed by atoms with Crippen LogP contribution in [0.2, 0.25) is 0 Å². The van der Waals surface area contributed by atoms with Gasteiger partial charge in [0.15, 0.2) is 0 Å². The molecule has 5 rings (SSSR count). The molecule has 2 aliphatic carbocycles. The summed E-state index contributed by atoms with van der Waals surface area (Å²) in [5.74, 6) is 1.04. The van der Waals surface area contributed by atoms with Crippen molar-refractivity contribution in [3.05, 3.63) is 47.0 Å². The number of benzene rings is 1. The third kappa shape index (κ3) is 4.62. The smallest absolute Gasteiger partial charge is 0.147 e. The number of allylic oxidation sites excluding steroid dienone is 2. The lowest BCUT2D eigenvalue weighted by Crippen LogP contribution is -2.38. The van der Waals surface area contributed by atoms with Crippen LogP contribution < -0.4 is 15.5 Å². The van der Waals surface area contributed by atoms with Crippen LogP contribution in [0.1, 0.15) is 75.0 Å². The number of piperidine rings is 1. The molecule has 2 saturated carbocycles. The van der Waals surface area contributed by atoms with E-state index in [4.69, 9.17) is 5.41 Å². The van der Waals surface area contributed by atoms with Gasteiger partial charge in [0.2, 0.25) is 0 Å². The molecule has 33 heavy (non-hydrogen) atoms. The minimum atomic E-state index is -0.152. The highest BCUT2D eigenvalue weighted by Gasteiger charge is 2.37. The Bertz CT molecular complexity index is 938. The van der Waals surface area contributed by atoms with Gasteiger partial charge in [0.1, 0.15) is 5.82 Å². The Kier molecular flexibility index (Phi) is 6.60. The van der Waals surface area contributed by atoms with E-state index in [0.717, 1.165) is 67.7 Å². The second-order valence-corrected chi connectivity index (χ2v) is 10.7. The SMILES string of the molecule is C=C(C1CC1)N1c2c(F)cc(/C(C=N)=C/NC3CCNCC3)c(CC3CCC3)c2CCC1C. The van der Waals surface area contributed by atoms with Crippen molar-refractivity contribution in [1.29, 1.82) is 5.41 Å². The second-order valence-electron chi connectivity index (χ2n) is 10.7. The molecule has 5 heteroatoms. The summed E-state index contributed by atoms with van der Waals surface area (Å²) in [6.45, 7) is 8.65. The zero-order valence-electron chi connectivity index (χ0n) is 20.1. The molecule has 1 aromatic rings. The summed E-state index contributed by atoms with van der Waals surface area (Å²) in [6.07, 6.45) is 14.6. The van der Waals surface area contributed by atoms with E-state index >= 15 is 4.39 Å². The summed E-state index contributed by atoms with van der Waals surface area (Å²) in [5, 5.41) is 15.1. The standard InChI is InChI=1S/C28H39FN4/c1-18-6-9-24-26(14-20-4-3-5-20)25(22(16-30)17-32-23-10-12-31-13-11-23)15-27(29)28(24)33(18)19(2)21-7-8-21/h15-18,20-21,23,30-32H,2-14H2,1H3/b22-17+,30-16?. The van der Waals surface area contributed by atoms with Gasteiger partial charge < -0.3 is 20.9 Å². The van der Waals surface area contributed by atoms with Gasteiger partial charge in [-0.05, 0) is 99.6 Å². The Morgan fingerprint density at radius 2 is 1.97 bits per heavy atom. The van der Waals surface area contributed by atoms with Crippen LogP contribution in [0.5, 0.6) is 0 Å². The van der Waals surface area contributed by atoms with E-state index < -0.39 is 0 Å². The maximum absolute atomic E-state index is 15.9. The van der Waals surface area contributed by atoms with E-state index in [0.29, 0.717) is 17.9 Å². The zero-order chi connectivity index (χ0) is 22.9. The van der Waals surface area contributed by atoms with Crippen molar-refractivity contribution < 1.29 is 4.39 Å². The van der Waals surface area contributed by atoms with Crippen LogP contribution in [0.25, 0.3) is 5.57 Å². The van der Waals surface area contributed by atoms with E-state index in [1.165, 1.54) is 49.4 Å². The van der Waals surface area contributed by atoms with Crippen molar-refractivity contribution in [3.63, 3.8) is 0 Å². The van der Waals surface area contributed by atoms with Gasteiger partial charge in [-0.2, -0.15) is 0 Å². The van der Waals surface area contributed by atoms with Crippen molar-refractivity contribution in [3.8, 4) is 0 Å². The minimum absolute atomic E-state index is 0.152. The van der Waals surface area contributed by atoms with Crippen LogP contribution in [-0.2, 0) is 12.8 Å². The molecule has 1 aromatic carbocycles. The van der Waals surface area contributed by atoms with Gasteiger partial charge in [-0.25, -0.2) is 4.39 Å². The summed E-state index contributed by atoms with van der Waals surface area (Å²) in [7, 11) is 0. The minimum Gasteiger partial charge on any atom is -0.388 e. The summed E-state index contributed by atoms with van der Waals surface area (Å²) < 4.78 is 15.9. The maximum Gasteiger partial charge on any atom is 0.147 e. The molecule has 0 bridgehead atoms. The quantitative estimate of drug-likeness (QED) is 0.454. The molecule has 0 amide bonds. The van der Waals surface area contributed by atoms with Gasteiger partial charge in [-0.15, -0.1) is 0 Å². The lowest BCUT2D eigenvalue weighted by atomic mass is 9.76. The van der Waals surface area contributed by atoms with Gasteiger partial charge in [0, 0.05) is 35.8 Å². The number of halogens is 1. The number of hydrogen-bond donors (Lipinski definition) is 3. The van der Waals surface area contributed by atoms with E-state index in [9.17, 15) is 0 Å². The molecule has 1 saturated heterocycles. The predicted molar refractivity (Wildman–Crippen MR) is 135 cm³/mol. The number of rotatable bonds is 8. The fourth-order valence-corrected chi connectivity index (χ4v) is 5.87. The number of nitrogens with zero attached hydrogens (tertiary/aromatic N) is 1. The molecule has 1 atom stereocenters. The van der Waals surface area contributed by atoms with E-state index in [1.807, 2.05) is 6.20 Å². The molecule has 0 radical (unpaired) electrons. The van der Waals surface area contributed by atoms with Gasteiger partial charge >= 0.3 is 0 Å². The second kappa shape index (κ2) is 9.61. The normalized spacial score (nSPS) is 24.2. The van der Waals surface area contributed by atoms with Gasteiger partial charge in [0.05, 0.1) is 5.69 Å². The monoisotopic (exact) mass is 450 g/mol. The first-order valence-corrected chi connectivity index (χ1v) is 13.1. The summed E-state index contributed by atoms with van der Waals surface area (Å²) in [6, 6.07) is 2.41. The Morgan fingerprint density at radius 1 is 1.21 bits per heavy atom. The van der Waals surface area contributed by atoms with Crippen molar-refractivity contribution in [2.24, 2.45) is 11.8 Å². The Morgan fingerprint density at radius 3 is 2.61 bits per heavy atom. The summed E-state index contributed by atoms with van der Waals surface area (Å²) >= 11 is 0. The number of nitrogens with one attached hydrogen (secondary N) is 3. The molecule has 2 aliphatic heterocycles. The molecule has 3 fully saturated rings. The first-order chi connectivity index (χ1) is 16.1. The Hall–Kier alpha value is -2.14. The molecule has 3 N–H and O–H groups in total. The first kappa shape index (κ1) is 22.6. The molecule has 0 spiro atoms. The number of fused-ring (bicyclic) bond motifs is 1. The Balaban J connectivity index is 1.55. The van der Waals surface area contributed by atoms with Crippen LogP contribution in [0.4, 0.5) is 10.1 Å². The number of anilines is 1. The molecule has 1 unspecified atom stereocenters. The average Bonchev–Trinajstić information content (AvgIpc) is 3.64. The third-order valence-electron chi connectivity index (χ3n) is 8.32. The van der Waals surface area contributed by atoms with Crippen LogP contribution in [0, 0.1) is 23.1 Å². The highest BCUT2D eigenvalue weighted by Crippen LogP contribution is 2.47. The highest BCUT2D eigenvalue weighted by atomic mass is 19.1. The number of hydrogen-bond acceptors (Lipinski definition) is 4. The lowest BCUT2D eigenvalue weighted by Gasteiger charge is -2.40. The molecule has 4 nitrogen and oxygen atoms in total. The molecule has 2 heterocycles. The summed E-state index contributed by atoms with van der Waals surface area (Å²) in [4.78, 5) is 2.22. The predicted octanol–water partition coefficient (Wildman–Crippen LogP) is 5.57. The first-order valence-electron chi connectivity index (χ1n) is 13.1. The van der Waals surface area contributed by atoms with Crippen LogP contribution in [0.15, 0.2) is 24.5 Å². The van der Waals surface area contributed by atoms with Gasteiger partial charge in [0.25, 0.3) is 0 Å². The fraction of sp³-hybridized carbons (Fsp3) is 0.607. The van der Waals surface area contributed by atoms with Crippen molar-refractivity contribution in [2.75, 3.05) is 18.0 Å². The van der Waals surface area contributed by atoms with Crippen molar-refractivity contribution in [2.45, 2.75) is 83.2 Å². The van der Waals surface area contributed by atoms with Crippen LogP contribution in [0.3, 0.4) is 0 Å². The van der Waals surface area contributed by atoms with Crippen molar-refractivity contribution in [1.82, 2.24) is 10.6 Å². The average molecular weight is 451 g/mol. The summed E-state index contributed by atoms with van der Waals surface area (Å²) in [5.41, 5.74) is 6.04. The highest BCUT2D eigenvalue weighted by molar-refractivity contribution is 6.09. The zero-order valence-corrected chi connectivity index (χ0v) is 20.1. The van der Waals surface area contributed by atoms with Gasteiger partial charge in [-0.3, -0.25) is 0 Å². The topological polar surface area (TPSA) is 51.2 Å². The largest absolute Gasteiger partial charge is 0.388 e. The Labute approximate surface area is 198 Å². The van der Waals surface area contributed by atoms with Crippen LogP contribution in [-0.4, -0.2) is 31.4 Å². The van der Waals surface area contributed by atoms with Crippen molar-refractivity contribution >= 4 is 17.5 Å². The third-order valence-corrected chi connectivity index (χ3v) is 8.32. The molecule has 0 aromatic heterocycles. The van der Waals surface area contributed by atoms with Gasteiger partial charge in [-0.1, -0.05) is 25.8 Å². The molecular formula is C28H39FN4. The molecule has 4 aliphatic rings. The van der Waals surface area contributed by atoms with Crippen LogP contribution >= 0.6 is 0 Å².